The number of hydrogen-bond donors (Lipinski definition) is 1. The van der Waals surface area contributed by atoms with Crippen molar-refractivity contribution in [2.45, 2.75) is 25.5 Å². The Hall–Kier alpha value is -2.30. The Kier molecular flexibility index (Phi) is 3.67. The Bertz CT molecular complexity index is 556. The van der Waals surface area contributed by atoms with Crippen LogP contribution < -0.4 is 10.1 Å². The van der Waals surface area contributed by atoms with E-state index in [9.17, 15) is 4.79 Å². The molecule has 5 heteroatoms. The third-order valence-corrected chi connectivity index (χ3v) is 3.36. The lowest BCUT2D eigenvalue weighted by atomic mass is 10.1. The molecule has 1 unspecified atom stereocenters. The highest BCUT2D eigenvalue weighted by Crippen LogP contribution is 2.27. The van der Waals surface area contributed by atoms with Crippen molar-refractivity contribution in [3.63, 3.8) is 0 Å². The molecule has 5 nitrogen and oxygen atoms in total. The van der Waals surface area contributed by atoms with Gasteiger partial charge in [-0.2, -0.15) is 5.10 Å². The average molecular weight is 271 g/mol. The Balaban J connectivity index is 1.42. The van der Waals surface area contributed by atoms with Gasteiger partial charge in [0.15, 0.2) is 6.10 Å². The molecule has 0 spiro atoms. The van der Waals surface area contributed by atoms with E-state index in [-0.39, 0.29) is 5.91 Å². The van der Waals surface area contributed by atoms with Gasteiger partial charge in [-0.15, -0.1) is 0 Å². The second kappa shape index (κ2) is 5.77. The summed E-state index contributed by atoms with van der Waals surface area (Å²) < 4.78 is 7.50. The van der Waals surface area contributed by atoms with E-state index in [0.29, 0.717) is 13.0 Å². The summed E-state index contributed by atoms with van der Waals surface area (Å²) in [6.07, 6.45) is 4.78. The van der Waals surface area contributed by atoms with Crippen LogP contribution in [0.15, 0.2) is 42.7 Å². The van der Waals surface area contributed by atoms with Crippen LogP contribution in [0.25, 0.3) is 0 Å². The Labute approximate surface area is 117 Å². The number of benzene rings is 1. The van der Waals surface area contributed by atoms with Crippen LogP contribution >= 0.6 is 0 Å². The van der Waals surface area contributed by atoms with Crippen molar-refractivity contribution in [3.8, 4) is 5.75 Å². The fourth-order valence-electron chi connectivity index (χ4n) is 2.33. The summed E-state index contributed by atoms with van der Waals surface area (Å²) in [4.78, 5) is 12.0. The molecule has 1 aliphatic heterocycles. The maximum atomic E-state index is 12.0. The average Bonchev–Trinajstić information content (AvgIpc) is 3.12. The maximum absolute atomic E-state index is 12.0. The van der Waals surface area contributed by atoms with Gasteiger partial charge in [-0.25, -0.2) is 0 Å². The zero-order valence-corrected chi connectivity index (χ0v) is 11.2. The van der Waals surface area contributed by atoms with E-state index in [4.69, 9.17) is 4.74 Å². The second-order valence-corrected chi connectivity index (χ2v) is 4.83. The van der Waals surface area contributed by atoms with Crippen molar-refractivity contribution in [1.82, 2.24) is 15.1 Å². The van der Waals surface area contributed by atoms with E-state index in [1.54, 1.807) is 6.20 Å². The predicted octanol–water partition coefficient (Wildman–Crippen LogP) is 1.39. The minimum Gasteiger partial charge on any atom is -0.480 e. The number of nitrogens with one attached hydrogen (secondary N) is 1. The van der Waals surface area contributed by atoms with E-state index in [1.807, 2.05) is 41.2 Å². The maximum Gasteiger partial charge on any atom is 0.261 e. The number of fused-ring (bicyclic) bond motifs is 1. The van der Waals surface area contributed by atoms with Crippen LogP contribution in [0.5, 0.6) is 5.75 Å². The van der Waals surface area contributed by atoms with E-state index in [2.05, 4.69) is 10.4 Å². The number of aryl methyl sites for hydroxylation is 1. The van der Waals surface area contributed by atoms with E-state index >= 15 is 0 Å². The standard InChI is InChI=1S/C15H17N3O2/c19-15(16-7-3-9-18-10-4-8-17-18)14-11-12-5-1-2-6-13(12)20-14/h1-2,4-6,8,10,14H,3,7,9,11H2,(H,16,19). The van der Waals surface area contributed by atoms with Gasteiger partial charge in [0.05, 0.1) is 0 Å². The monoisotopic (exact) mass is 271 g/mol. The Morgan fingerprint density at radius 2 is 2.30 bits per heavy atom. The van der Waals surface area contributed by atoms with Crippen molar-refractivity contribution in [3.05, 3.63) is 48.3 Å². The third kappa shape index (κ3) is 2.82. The summed E-state index contributed by atoms with van der Waals surface area (Å²) in [5.74, 6) is 0.783. The molecule has 2 aromatic rings. The molecule has 20 heavy (non-hydrogen) atoms. The first-order valence-corrected chi connectivity index (χ1v) is 6.82. The highest BCUT2D eigenvalue weighted by atomic mass is 16.5. The van der Waals surface area contributed by atoms with Crippen LogP contribution in [0, 0.1) is 0 Å². The van der Waals surface area contributed by atoms with Crippen molar-refractivity contribution >= 4 is 5.91 Å². The van der Waals surface area contributed by atoms with Crippen molar-refractivity contribution in [2.24, 2.45) is 0 Å². The summed E-state index contributed by atoms with van der Waals surface area (Å²) in [7, 11) is 0. The van der Waals surface area contributed by atoms with Crippen LogP contribution in [0.3, 0.4) is 0 Å². The summed E-state index contributed by atoms with van der Waals surface area (Å²) in [5, 5.41) is 7.03. The molecule has 1 aromatic carbocycles. The van der Waals surface area contributed by atoms with Crippen LogP contribution in [0.1, 0.15) is 12.0 Å². The van der Waals surface area contributed by atoms with Gasteiger partial charge in [-0.1, -0.05) is 18.2 Å². The molecule has 1 atom stereocenters. The summed E-state index contributed by atoms with van der Waals surface area (Å²) in [6, 6.07) is 9.68. The molecule has 1 amide bonds. The number of para-hydroxylation sites is 1. The molecule has 0 saturated carbocycles. The summed E-state index contributed by atoms with van der Waals surface area (Å²) in [5.41, 5.74) is 1.10. The van der Waals surface area contributed by atoms with Gasteiger partial charge in [0.2, 0.25) is 0 Å². The van der Waals surface area contributed by atoms with E-state index in [1.165, 1.54) is 0 Å². The lowest BCUT2D eigenvalue weighted by molar-refractivity contribution is -0.127. The van der Waals surface area contributed by atoms with Gasteiger partial charge in [0.1, 0.15) is 5.75 Å². The Morgan fingerprint density at radius 1 is 1.40 bits per heavy atom. The van der Waals surface area contributed by atoms with Crippen molar-refractivity contribution < 1.29 is 9.53 Å². The van der Waals surface area contributed by atoms with Crippen LogP contribution in [-0.2, 0) is 17.8 Å². The lowest BCUT2D eigenvalue weighted by Crippen LogP contribution is -2.38. The van der Waals surface area contributed by atoms with Gasteiger partial charge >= 0.3 is 0 Å². The van der Waals surface area contributed by atoms with Gasteiger partial charge in [-0.3, -0.25) is 9.48 Å². The van der Waals surface area contributed by atoms with E-state index < -0.39 is 6.10 Å². The highest BCUT2D eigenvalue weighted by molar-refractivity contribution is 5.82. The molecule has 104 valence electrons. The molecule has 1 aromatic heterocycles. The van der Waals surface area contributed by atoms with Crippen LogP contribution in [0.4, 0.5) is 0 Å². The number of nitrogens with zero attached hydrogens (tertiary/aromatic N) is 2. The zero-order valence-electron chi connectivity index (χ0n) is 11.2. The molecule has 0 saturated heterocycles. The van der Waals surface area contributed by atoms with Gasteiger partial charge in [0, 0.05) is 31.9 Å². The molecular weight excluding hydrogens is 254 g/mol. The molecule has 0 aliphatic carbocycles. The first-order chi connectivity index (χ1) is 9.83. The molecule has 3 rings (SSSR count). The minimum absolute atomic E-state index is 0.0401. The van der Waals surface area contributed by atoms with Crippen LogP contribution in [0.2, 0.25) is 0 Å². The largest absolute Gasteiger partial charge is 0.480 e. The predicted molar refractivity (Wildman–Crippen MR) is 74.4 cm³/mol. The first-order valence-electron chi connectivity index (χ1n) is 6.82. The number of carbonyl (C=O) groups is 1. The lowest BCUT2D eigenvalue weighted by Gasteiger charge is -2.11. The fraction of sp³-hybridized carbons (Fsp3) is 0.333. The molecule has 1 aliphatic rings. The van der Waals surface area contributed by atoms with Gasteiger partial charge < -0.3 is 10.1 Å². The van der Waals surface area contributed by atoms with Crippen molar-refractivity contribution in [2.75, 3.05) is 6.54 Å². The number of hydrogen-bond acceptors (Lipinski definition) is 3. The Morgan fingerprint density at radius 3 is 3.10 bits per heavy atom. The van der Waals surface area contributed by atoms with Crippen LogP contribution in [-0.4, -0.2) is 28.3 Å². The summed E-state index contributed by atoms with van der Waals surface area (Å²) >= 11 is 0. The number of ether oxygens (including phenoxy) is 1. The van der Waals surface area contributed by atoms with Crippen molar-refractivity contribution in [1.29, 1.82) is 0 Å². The van der Waals surface area contributed by atoms with Gasteiger partial charge in [0.25, 0.3) is 5.91 Å². The molecule has 1 N–H and O–H groups in total. The molecule has 0 radical (unpaired) electrons. The van der Waals surface area contributed by atoms with E-state index in [0.717, 1.165) is 24.3 Å². The zero-order chi connectivity index (χ0) is 13.8. The number of rotatable bonds is 5. The highest BCUT2D eigenvalue weighted by Gasteiger charge is 2.28. The number of amides is 1. The smallest absolute Gasteiger partial charge is 0.261 e. The molecule has 2 heterocycles. The molecular formula is C15H17N3O2. The molecule has 0 bridgehead atoms. The topological polar surface area (TPSA) is 56.2 Å². The molecule has 0 fully saturated rings. The van der Waals surface area contributed by atoms with Gasteiger partial charge in [-0.05, 0) is 24.1 Å². The minimum atomic E-state index is -0.392. The fourth-order valence-corrected chi connectivity index (χ4v) is 2.33. The number of aromatic nitrogens is 2. The first kappa shape index (κ1) is 12.7. The normalized spacial score (nSPS) is 16.5. The SMILES string of the molecule is O=C(NCCCn1cccn1)C1Cc2ccccc2O1. The summed E-state index contributed by atoms with van der Waals surface area (Å²) in [6.45, 7) is 1.44. The second-order valence-electron chi connectivity index (χ2n) is 4.83. The number of carbonyl (C=O) groups excluding carboxylic acids is 1. The quantitative estimate of drug-likeness (QED) is 0.836. The third-order valence-electron chi connectivity index (χ3n) is 3.36.